The van der Waals surface area contributed by atoms with E-state index in [9.17, 15) is 17.6 Å². The zero-order chi connectivity index (χ0) is 20.6. The van der Waals surface area contributed by atoms with Gasteiger partial charge in [0.2, 0.25) is 5.88 Å². The van der Waals surface area contributed by atoms with Crippen LogP contribution in [0, 0.1) is 5.82 Å². The van der Waals surface area contributed by atoms with Crippen molar-refractivity contribution >= 4 is 11.2 Å². The number of ether oxygens (including phenoxy) is 2. The molecule has 0 unspecified atom stereocenters. The number of rotatable bonds is 4. The van der Waals surface area contributed by atoms with Crippen molar-refractivity contribution < 1.29 is 27.0 Å². The van der Waals surface area contributed by atoms with Gasteiger partial charge in [-0.25, -0.2) is 24.3 Å². The Kier molecular flexibility index (Phi) is 4.49. The van der Waals surface area contributed by atoms with E-state index in [1.54, 1.807) is 16.7 Å². The third-order valence-electron chi connectivity index (χ3n) is 3.85. The van der Waals surface area contributed by atoms with Crippen molar-refractivity contribution in [1.82, 2.24) is 24.5 Å². The predicted octanol–water partition coefficient (Wildman–Crippen LogP) is 3.92. The lowest BCUT2D eigenvalue weighted by Crippen LogP contribution is -2.17. The van der Waals surface area contributed by atoms with Crippen LogP contribution in [0.1, 0.15) is 0 Å². The Morgan fingerprint density at radius 1 is 0.966 bits per heavy atom. The molecular weight excluding hydrogens is 394 g/mol. The second-order valence-electron chi connectivity index (χ2n) is 5.75. The molecule has 0 fully saturated rings. The van der Waals surface area contributed by atoms with Crippen molar-refractivity contribution in [2.75, 3.05) is 7.11 Å². The lowest BCUT2D eigenvalue weighted by molar-refractivity contribution is -0.274. The van der Waals surface area contributed by atoms with Crippen LogP contribution in [0.25, 0.3) is 28.4 Å². The Morgan fingerprint density at radius 3 is 2.41 bits per heavy atom. The number of imidazole rings is 1. The third kappa shape index (κ3) is 3.79. The van der Waals surface area contributed by atoms with Crippen LogP contribution in [0.3, 0.4) is 0 Å². The number of nitrogens with zero attached hydrogens (tertiary/aromatic N) is 5. The van der Waals surface area contributed by atoms with Crippen LogP contribution < -0.4 is 9.47 Å². The molecule has 4 aromatic rings. The summed E-state index contributed by atoms with van der Waals surface area (Å²) in [5.74, 6) is -0.445. The number of hydrogen-bond acceptors (Lipinski definition) is 6. The van der Waals surface area contributed by atoms with Gasteiger partial charge in [-0.15, -0.1) is 13.2 Å². The molecule has 0 amide bonds. The molecule has 0 radical (unpaired) electrons. The Hall–Kier alpha value is -3.76. The first-order chi connectivity index (χ1) is 13.8. The highest BCUT2D eigenvalue weighted by molar-refractivity contribution is 5.80. The molecule has 0 aliphatic carbocycles. The molecule has 4 rings (SSSR count). The monoisotopic (exact) mass is 405 g/mol. The van der Waals surface area contributed by atoms with E-state index in [0.717, 1.165) is 18.5 Å². The van der Waals surface area contributed by atoms with Crippen molar-refractivity contribution in [3.8, 4) is 28.8 Å². The van der Waals surface area contributed by atoms with Crippen LogP contribution in [0.15, 0.2) is 48.9 Å². The lowest BCUT2D eigenvalue weighted by atomic mass is 10.3. The van der Waals surface area contributed by atoms with Crippen molar-refractivity contribution in [3.63, 3.8) is 0 Å². The summed E-state index contributed by atoms with van der Waals surface area (Å²) in [6, 6.07) is 6.98. The zero-order valence-corrected chi connectivity index (χ0v) is 14.7. The minimum Gasteiger partial charge on any atom is -0.481 e. The quantitative estimate of drug-likeness (QED) is 0.479. The molecule has 4 aromatic heterocycles. The van der Waals surface area contributed by atoms with Crippen LogP contribution in [0.5, 0.6) is 11.6 Å². The maximum Gasteiger partial charge on any atom is 0.573 e. The number of methoxy groups -OCH3 is 1. The minimum atomic E-state index is -4.86. The van der Waals surface area contributed by atoms with E-state index in [1.165, 1.54) is 25.4 Å². The second kappa shape index (κ2) is 7.00. The Morgan fingerprint density at radius 2 is 1.79 bits per heavy atom. The van der Waals surface area contributed by atoms with E-state index < -0.39 is 17.9 Å². The van der Waals surface area contributed by atoms with Gasteiger partial charge in [0.25, 0.3) is 0 Å². The first-order valence-electron chi connectivity index (χ1n) is 8.10. The van der Waals surface area contributed by atoms with Gasteiger partial charge in [0.15, 0.2) is 11.5 Å². The average Bonchev–Trinajstić information content (AvgIpc) is 3.06. The van der Waals surface area contributed by atoms with E-state index in [-0.39, 0.29) is 17.0 Å². The van der Waals surface area contributed by atoms with Gasteiger partial charge < -0.3 is 9.47 Å². The molecule has 4 heterocycles. The summed E-state index contributed by atoms with van der Waals surface area (Å²) in [6.07, 6.45) is -1.43. The maximum absolute atomic E-state index is 13.3. The molecule has 11 heteroatoms. The van der Waals surface area contributed by atoms with Crippen molar-refractivity contribution in [2.24, 2.45) is 0 Å². The number of halogens is 4. The summed E-state index contributed by atoms with van der Waals surface area (Å²) in [4.78, 5) is 16.5. The van der Waals surface area contributed by atoms with Crippen molar-refractivity contribution in [3.05, 3.63) is 54.7 Å². The molecule has 0 spiro atoms. The molecule has 29 heavy (non-hydrogen) atoms. The summed E-state index contributed by atoms with van der Waals surface area (Å²) in [5, 5.41) is 0. The second-order valence-corrected chi connectivity index (χ2v) is 5.75. The van der Waals surface area contributed by atoms with Gasteiger partial charge >= 0.3 is 6.36 Å². The molecule has 0 saturated carbocycles. The normalized spacial score (nSPS) is 11.6. The molecular formula is C18H11F4N5O2. The van der Waals surface area contributed by atoms with Gasteiger partial charge in [-0.2, -0.15) is 0 Å². The summed E-state index contributed by atoms with van der Waals surface area (Å²) < 4.78 is 61.3. The molecule has 0 aliphatic rings. The smallest absolute Gasteiger partial charge is 0.481 e. The van der Waals surface area contributed by atoms with E-state index >= 15 is 0 Å². The Balaban J connectivity index is 1.91. The van der Waals surface area contributed by atoms with E-state index in [0.29, 0.717) is 17.3 Å². The molecule has 148 valence electrons. The van der Waals surface area contributed by atoms with Gasteiger partial charge in [0, 0.05) is 12.1 Å². The maximum atomic E-state index is 13.3. The Bertz CT molecular complexity index is 1160. The van der Waals surface area contributed by atoms with Crippen LogP contribution in [-0.2, 0) is 0 Å². The highest BCUT2D eigenvalue weighted by Gasteiger charge is 2.31. The predicted molar refractivity (Wildman–Crippen MR) is 93.1 cm³/mol. The van der Waals surface area contributed by atoms with Crippen molar-refractivity contribution in [2.45, 2.75) is 6.36 Å². The number of aromatic nitrogens is 5. The molecule has 0 bridgehead atoms. The third-order valence-corrected chi connectivity index (χ3v) is 3.85. The van der Waals surface area contributed by atoms with Crippen LogP contribution in [-0.4, -0.2) is 38.0 Å². The fourth-order valence-corrected chi connectivity index (χ4v) is 2.69. The van der Waals surface area contributed by atoms with E-state index in [1.807, 2.05) is 0 Å². The van der Waals surface area contributed by atoms with Crippen molar-refractivity contribution in [1.29, 1.82) is 0 Å². The number of hydrogen-bond donors (Lipinski definition) is 0. The highest BCUT2D eigenvalue weighted by atomic mass is 19.4. The lowest BCUT2D eigenvalue weighted by Gasteiger charge is -2.10. The topological polar surface area (TPSA) is 75.0 Å². The van der Waals surface area contributed by atoms with E-state index in [4.69, 9.17) is 4.74 Å². The van der Waals surface area contributed by atoms with Gasteiger partial charge in [-0.1, -0.05) is 0 Å². The number of pyridine rings is 3. The standard InChI is InChI=1S/C18H11F4N5O2/c1-28-15-5-3-11(8-24-15)27-16-14(6-12(9-25-16)29-18(20,21)22)26-17(27)13-4-2-10(19)7-23-13/h2-9H,1H3. The highest BCUT2D eigenvalue weighted by Crippen LogP contribution is 2.30. The molecule has 0 N–H and O–H groups in total. The Labute approximate surface area is 160 Å². The summed E-state index contributed by atoms with van der Waals surface area (Å²) in [5.41, 5.74) is 1.17. The molecule has 0 aromatic carbocycles. The zero-order valence-electron chi connectivity index (χ0n) is 14.7. The average molecular weight is 405 g/mol. The SMILES string of the molecule is COc1ccc(-n2c(-c3ccc(F)cn3)nc3cc(OC(F)(F)F)cnc32)cn1. The number of fused-ring (bicyclic) bond motifs is 1. The fourth-order valence-electron chi connectivity index (χ4n) is 2.69. The first-order valence-corrected chi connectivity index (χ1v) is 8.10. The molecule has 0 aliphatic heterocycles. The number of alkyl halides is 3. The van der Waals surface area contributed by atoms with Crippen LogP contribution in [0.2, 0.25) is 0 Å². The summed E-state index contributed by atoms with van der Waals surface area (Å²) >= 11 is 0. The summed E-state index contributed by atoms with van der Waals surface area (Å²) in [6.45, 7) is 0. The minimum absolute atomic E-state index is 0.128. The van der Waals surface area contributed by atoms with Crippen LogP contribution in [0.4, 0.5) is 17.6 Å². The largest absolute Gasteiger partial charge is 0.573 e. The van der Waals surface area contributed by atoms with Gasteiger partial charge in [0.1, 0.15) is 22.8 Å². The first kappa shape index (κ1) is 18.6. The van der Waals surface area contributed by atoms with Crippen LogP contribution >= 0.6 is 0 Å². The molecule has 0 atom stereocenters. The fraction of sp³-hybridized carbons (Fsp3) is 0.111. The molecule has 7 nitrogen and oxygen atoms in total. The van der Waals surface area contributed by atoms with E-state index in [2.05, 4.69) is 24.7 Å². The van der Waals surface area contributed by atoms with Gasteiger partial charge in [0.05, 0.1) is 31.4 Å². The van der Waals surface area contributed by atoms with Gasteiger partial charge in [-0.3, -0.25) is 4.57 Å². The van der Waals surface area contributed by atoms with Gasteiger partial charge in [-0.05, 0) is 18.2 Å². The molecule has 0 saturated heterocycles. The summed E-state index contributed by atoms with van der Waals surface area (Å²) in [7, 11) is 1.46.